The summed E-state index contributed by atoms with van der Waals surface area (Å²) >= 11 is 0. The van der Waals surface area contributed by atoms with Crippen molar-refractivity contribution < 1.29 is 22.7 Å². The molecule has 0 radical (unpaired) electrons. The molecule has 0 bridgehead atoms. The number of aryl methyl sites for hydroxylation is 1. The van der Waals surface area contributed by atoms with Gasteiger partial charge in [0, 0.05) is 17.7 Å². The Kier molecular flexibility index (Phi) is 6.32. The van der Waals surface area contributed by atoms with Gasteiger partial charge in [-0.1, -0.05) is 36.4 Å². The first kappa shape index (κ1) is 21.7. The van der Waals surface area contributed by atoms with Crippen LogP contribution in [0.25, 0.3) is 0 Å². The van der Waals surface area contributed by atoms with E-state index in [1.165, 1.54) is 17.7 Å². The van der Waals surface area contributed by atoms with Crippen molar-refractivity contribution in [2.45, 2.75) is 30.7 Å². The molecule has 0 aliphatic carbocycles. The molecule has 1 aliphatic rings. The number of benzene rings is 3. The van der Waals surface area contributed by atoms with E-state index in [0.29, 0.717) is 17.2 Å². The van der Waals surface area contributed by atoms with Crippen LogP contribution in [-0.4, -0.2) is 27.2 Å². The van der Waals surface area contributed by atoms with Crippen LogP contribution >= 0.6 is 0 Å². The summed E-state index contributed by atoms with van der Waals surface area (Å²) in [6.45, 7) is 2.04. The van der Waals surface area contributed by atoms with E-state index in [1.807, 2.05) is 25.1 Å². The van der Waals surface area contributed by atoms with E-state index in [2.05, 4.69) is 22.2 Å². The molecule has 166 valence electrons. The highest BCUT2D eigenvalue weighted by Crippen LogP contribution is 2.34. The van der Waals surface area contributed by atoms with E-state index >= 15 is 0 Å². The van der Waals surface area contributed by atoms with Gasteiger partial charge in [0.2, 0.25) is 6.79 Å². The van der Waals surface area contributed by atoms with Gasteiger partial charge in [0.25, 0.3) is 15.9 Å². The fraction of sp³-hybridized carbons (Fsp3) is 0.208. The second-order valence-corrected chi connectivity index (χ2v) is 9.28. The zero-order valence-electron chi connectivity index (χ0n) is 17.6. The van der Waals surface area contributed by atoms with Gasteiger partial charge in [-0.3, -0.25) is 9.52 Å². The average Bonchev–Trinajstić information content (AvgIpc) is 3.26. The standard InChI is InChI=1S/C24H24N2O5S/c1-17(10-11-18-6-3-2-4-7-18)25-24(27)19-8-5-9-21(14-19)32(28,29)26-20-12-13-22-23(15-20)31-16-30-22/h2-9,12-15,17,26H,10-11,16H2,1H3,(H,25,27)/t17-/m0/s1. The summed E-state index contributed by atoms with van der Waals surface area (Å²) in [5.74, 6) is 0.724. The topological polar surface area (TPSA) is 93.7 Å². The third-order valence-corrected chi connectivity index (χ3v) is 6.50. The molecule has 4 rings (SSSR count). The third kappa shape index (κ3) is 5.20. The number of fused-ring (bicyclic) bond motifs is 1. The highest BCUT2D eigenvalue weighted by atomic mass is 32.2. The van der Waals surface area contributed by atoms with Gasteiger partial charge in [0.1, 0.15) is 0 Å². The first-order valence-electron chi connectivity index (χ1n) is 10.3. The zero-order valence-corrected chi connectivity index (χ0v) is 18.4. The van der Waals surface area contributed by atoms with Gasteiger partial charge in [0.05, 0.1) is 10.6 Å². The molecule has 0 unspecified atom stereocenters. The van der Waals surface area contributed by atoms with Gasteiger partial charge in [-0.05, 0) is 55.7 Å². The molecule has 32 heavy (non-hydrogen) atoms. The van der Waals surface area contributed by atoms with E-state index in [0.717, 1.165) is 12.8 Å². The van der Waals surface area contributed by atoms with Gasteiger partial charge in [0.15, 0.2) is 11.5 Å². The second kappa shape index (κ2) is 9.32. The quantitative estimate of drug-likeness (QED) is 0.539. The maximum absolute atomic E-state index is 12.8. The Morgan fingerprint density at radius 2 is 1.75 bits per heavy atom. The summed E-state index contributed by atoms with van der Waals surface area (Å²) in [4.78, 5) is 12.7. The molecule has 7 nitrogen and oxygen atoms in total. The number of hydrogen-bond acceptors (Lipinski definition) is 5. The first-order chi connectivity index (χ1) is 15.4. The van der Waals surface area contributed by atoms with E-state index in [4.69, 9.17) is 9.47 Å². The number of ether oxygens (including phenoxy) is 2. The number of sulfonamides is 1. The number of carbonyl (C=O) groups is 1. The Balaban J connectivity index is 1.41. The minimum absolute atomic E-state index is 0.000226. The Morgan fingerprint density at radius 3 is 2.56 bits per heavy atom. The van der Waals surface area contributed by atoms with Crippen molar-refractivity contribution in [3.63, 3.8) is 0 Å². The summed E-state index contributed by atoms with van der Waals surface area (Å²) in [5.41, 5.74) is 1.83. The van der Waals surface area contributed by atoms with E-state index in [9.17, 15) is 13.2 Å². The molecule has 1 amide bonds. The first-order valence-corrected chi connectivity index (χ1v) is 11.8. The second-order valence-electron chi connectivity index (χ2n) is 7.60. The van der Waals surface area contributed by atoms with E-state index in [-0.39, 0.29) is 29.2 Å². The lowest BCUT2D eigenvalue weighted by molar-refractivity contribution is 0.0938. The maximum Gasteiger partial charge on any atom is 0.261 e. The molecule has 0 aromatic heterocycles. The van der Waals surface area contributed by atoms with Crippen molar-refractivity contribution in [1.82, 2.24) is 5.32 Å². The van der Waals surface area contributed by atoms with Crippen LogP contribution in [0.15, 0.2) is 77.7 Å². The Hall–Kier alpha value is -3.52. The Labute approximate surface area is 187 Å². The highest BCUT2D eigenvalue weighted by Gasteiger charge is 2.19. The normalized spacial score (nSPS) is 13.4. The molecule has 0 spiro atoms. The van der Waals surface area contributed by atoms with Crippen molar-refractivity contribution in [2.24, 2.45) is 0 Å². The summed E-state index contributed by atoms with van der Waals surface area (Å²) in [5, 5.41) is 2.94. The Bertz CT molecular complexity index is 1210. The monoisotopic (exact) mass is 452 g/mol. The maximum atomic E-state index is 12.8. The highest BCUT2D eigenvalue weighted by molar-refractivity contribution is 7.92. The fourth-order valence-corrected chi connectivity index (χ4v) is 4.48. The third-order valence-electron chi connectivity index (χ3n) is 5.12. The van der Waals surface area contributed by atoms with Crippen LogP contribution in [0.5, 0.6) is 11.5 Å². The van der Waals surface area contributed by atoms with Crippen molar-refractivity contribution in [2.75, 3.05) is 11.5 Å². The lowest BCUT2D eigenvalue weighted by Crippen LogP contribution is -2.33. The van der Waals surface area contributed by atoms with Crippen LogP contribution in [0.2, 0.25) is 0 Å². The number of anilines is 1. The molecule has 3 aromatic rings. The molecule has 0 saturated carbocycles. The summed E-state index contributed by atoms with van der Waals surface area (Å²) < 4.78 is 38.7. The number of carbonyl (C=O) groups excluding carboxylic acids is 1. The SMILES string of the molecule is C[C@@H](CCc1ccccc1)NC(=O)c1cccc(S(=O)(=O)Nc2ccc3c(c2)OCO3)c1. The van der Waals surface area contributed by atoms with E-state index in [1.54, 1.807) is 30.3 Å². The summed E-state index contributed by atoms with van der Waals surface area (Å²) in [6.07, 6.45) is 1.62. The number of hydrogen-bond donors (Lipinski definition) is 2. The fourth-order valence-electron chi connectivity index (χ4n) is 3.39. The molecular formula is C24H24N2O5S. The zero-order chi connectivity index (χ0) is 22.6. The lowest BCUT2D eigenvalue weighted by atomic mass is 10.1. The largest absolute Gasteiger partial charge is 0.454 e. The molecule has 0 fully saturated rings. The Morgan fingerprint density at radius 1 is 0.969 bits per heavy atom. The minimum atomic E-state index is -3.89. The molecule has 1 atom stereocenters. The number of rotatable bonds is 8. The van der Waals surface area contributed by atoms with Gasteiger partial charge < -0.3 is 14.8 Å². The van der Waals surface area contributed by atoms with Crippen molar-refractivity contribution in [1.29, 1.82) is 0 Å². The van der Waals surface area contributed by atoms with Gasteiger partial charge in [-0.25, -0.2) is 8.42 Å². The summed E-state index contributed by atoms with van der Waals surface area (Å²) in [6, 6.07) is 20.8. The number of nitrogens with one attached hydrogen (secondary N) is 2. The van der Waals surface area contributed by atoms with Gasteiger partial charge in [-0.2, -0.15) is 0 Å². The van der Waals surface area contributed by atoms with Crippen LogP contribution in [0.1, 0.15) is 29.3 Å². The molecular weight excluding hydrogens is 428 g/mol. The van der Waals surface area contributed by atoms with Crippen LogP contribution in [0.3, 0.4) is 0 Å². The predicted molar refractivity (Wildman–Crippen MR) is 122 cm³/mol. The minimum Gasteiger partial charge on any atom is -0.454 e. The van der Waals surface area contributed by atoms with Crippen LogP contribution in [0, 0.1) is 0 Å². The van der Waals surface area contributed by atoms with Gasteiger partial charge in [-0.15, -0.1) is 0 Å². The van der Waals surface area contributed by atoms with Crippen LogP contribution in [-0.2, 0) is 16.4 Å². The molecule has 3 aromatic carbocycles. The van der Waals surface area contributed by atoms with Crippen molar-refractivity contribution in [3.05, 3.63) is 83.9 Å². The van der Waals surface area contributed by atoms with Crippen molar-refractivity contribution >= 4 is 21.6 Å². The average molecular weight is 453 g/mol. The molecule has 1 aliphatic heterocycles. The van der Waals surface area contributed by atoms with Crippen LogP contribution in [0.4, 0.5) is 5.69 Å². The van der Waals surface area contributed by atoms with Crippen molar-refractivity contribution in [3.8, 4) is 11.5 Å². The lowest BCUT2D eigenvalue weighted by Gasteiger charge is -2.15. The van der Waals surface area contributed by atoms with Crippen LogP contribution < -0.4 is 19.5 Å². The molecule has 2 N–H and O–H groups in total. The van der Waals surface area contributed by atoms with Gasteiger partial charge >= 0.3 is 0 Å². The smallest absolute Gasteiger partial charge is 0.261 e. The predicted octanol–water partition coefficient (Wildman–Crippen LogP) is 3.97. The summed E-state index contributed by atoms with van der Waals surface area (Å²) in [7, 11) is -3.89. The number of amides is 1. The van der Waals surface area contributed by atoms with E-state index < -0.39 is 10.0 Å². The molecule has 1 heterocycles. The molecule has 8 heteroatoms. The molecule has 0 saturated heterocycles.